The van der Waals surface area contributed by atoms with E-state index in [1.807, 2.05) is 7.05 Å². The number of benzene rings is 2. The molecule has 3 aliphatic heterocycles. The van der Waals surface area contributed by atoms with Crippen LogP contribution in [0.3, 0.4) is 0 Å². The number of allylic oxidation sites excluding steroid dienone is 1. The average Bonchev–Trinajstić information content (AvgIpc) is 3.55. The van der Waals surface area contributed by atoms with Crippen molar-refractivity contribution in [3.63, 3.8) is 0 Å². The van der Waals surface area contributed by atoms with E-state index in [0.29, 0.717) is 36.1 Å². The number of Topliss-reactive ketones (excluding diaryl/α,β-unsaturated/α-hetero) is 1. The lowest BCUT2D eigenvalue weighted by Gasteiger charge is -2.49. The van der Waals surface area contributed by atoms with E-state index in [2.05, 4.69) is 10.1 Å². The first-order chi connectivity index (χ1) is 25.9. The van der Waals surface area contributed by atoms with Gasteiger partial charge in [0.1, 0.15) is 24.5 Å². The van der Waals surface area contributed by atoms with Crippen LogP contribution >= 0.6 is 23.1 Å². The van der Waals surface area contributed by atoms with Crippen molar-refractivity contribution in [2.75, 3.05) is 25.1 Å². The molecule has 19 heteroatoms. The number of aromatic nitrogens is 1. The lowest BCUT2D eigenvalue weighted by atomic mass is 9.89. The van der Waals surface area contributed by atoms with E-state index in [1.165, 1.54) is 49.2 Å². The second-order valence-corrected chi connectivity index (χ2v) is 16.2. The van der Waals surface area contributed by atoms with Crippen LogP contribution in [0.15, 0.2) is 58.2 Å². The number of rotatable bonds is 13. The van der Waals surface area contributed by atoms with Crippen LogP contribution in [-0.4, -0.2) is 99.4 Å². The third-order valence-electron chi connectivity index (χ3n) is 9.71. The monoisotopic (exact) mass is 793 g/mol. The van der Waals surface area contributed by atoms with Crippen molar-refractivity contribution in [1.29, 1.82) is 0 Å². The molecule has 55 heavy (non-hydrogen) atoms. The number of phenols is 2. The molecule has 0 saturated carbocycles. The number of amides is 1. The van der Waals surface area contributed by atoms with E-state index in [0.717, 1.165) is 27.4 Å². The molecule has 1 saturated heterocycles. The zero-order chi connectivity index (χ0) is 40.0. The van der Waals surface area contributed by atoms with Crippen LogP contribution in [0, 0.1) is 16.0 Å². The molecule has 0 spiro atoms. The van der Waals surface area contributed by atoms with Crippen molar-refractivity contribution in [2.24, 2.45) is 11.1 Å². The number of aliphatic carboxylic acids is 2. The molecule has 1 amide bonds. The Morgan fingerprint density at radius 1 is 1.16 bits per heavy atom. The molecule has 4 heterocycles. The molecule has 3 atom stereocenters. The number of thioether (sulfide) groups is 1. The van der Waals surface area contributed by atoms with Crippen LogP contribution < -0.4 is 5.73 Å². The number of phenolic OH excluding ortho intramolecular Hbond substituents is 2. The molecular weight excluding hydrogens is 757 g/mol. The molecule has 288 valence electrons. The minimum atomic E-state index is -1.79. The molecule has 1 fully saturated rings. The molecule has 3 aliphatic rings. The number of β-lactam (4-membered cyclic amide) rings is 1. The number of likely N-dealkylation sites (N-methyl/N-ethyl adjacent to an activating group) is 1. The topological polar surface area (TPSA) is 256 Å². The van der Waals surface area contributed by atoms with Gasteiger partial charge in [-0.1, -0.05) is 17.3 Å². The number of fused-ring (bicyclic) bond motifs is 2. The quantitative estimate of drug-likeness (QED) is 0.0411. The van der Waals surface area contributed by atoms with E-state index < -0.39 is 51.9 Å². The van der Waals surface area contributed by atoms with Crippen molar-refractivity contribution in [3.05, 3.63) is 91.1 Å². The third kappa shape index (κ3) is 7.89. The van der Waals surface area contributed by atoms with Crippen molar-refractivity contribution < 1.29 is 53.8 Å². The van der Waals surface area contributed by atoms with Crippen molar-refractivity contribution in [2.45, 2.75) is 50.8 Å². The highest BCUT2D eigenvalue weighted by molar-refractivity contribution is 8.00. The molecule has 1 aromatic heterocycles. The van der Waals surface area contributed by atoms with Gasteiger partial charge in [0.05, 0.1) is 35.4 Å². The smallest absolute Gasteiger partial charge is 0.352 e. The summed E-state index contributed by atoms with van der Waals surface area (Å²) in [7, 11) is 2.01. The highest BCUT2D eigenvalue weighted by atomic mass is 32.2. The number of carbonyl (C=O) groups excluding carboxylic acids is 2. The number of nitro groups is 1. The number of carboxylic acids is 2. The minimum absolute atomic E-state index is 0.0327. The Morgan fingerprint density at radius 2 is 1.87 bits per heavy atom. The van der Waals surface area contributed by atoms with Crippen molar-refractivity contribution in [1.82, 2.24) is 9.88 Å². The van der Waals surface area contributed by atoms with Crippen LogP contribution in [-0.2, 0) is 43.5 Å². The summed E-state index contributed by atoms with van der Waals surface area (Å²) in [6.45, 7) is 4.18. The number of carboxylic acid groups (broad SMARTS) is 2. The van der Waals surface area contributed by atoms with Gasteiger partial charge in [-0.2, -0.15) is 0 Å². The SMILES string of the molecule is CC(C)(O/N=C(\C(=O)C[C@@H]1C(=O)N2C(C(=O)O)=C(C=Cc3ccc(C[N+]4(C)CCc5cc(O)c(O)cc5C4)cc3[N+](=O)[O-])CS[C@H]12)c1csc(N)n1)C(=O)O. The fourth-order valence-corrected chi connectivity index (χ4v) is 8.65. The van der Waals surface area contributed by atoms with Gasteiger partial charge in [-0.05, 0) is 49.3 Å². The van der Waals surface area contributed by atoms with Crippen molar-refractivity contribution in [3.8, 4) is 11.5 Å². The Hall–Kier alpha value is -5.79. The summed E-state index contributed by atoms with van der Waals surface area (Å²) in [6.07, 6.45) is 3.14. The van der Waals surface area contributed by atoms with Crippen LogP contribution in [0.25, 0.3) is 6.08 Å². The number of anilines is 1. The molecule has 1 unspecified atom stereocenters. The van der Waals surface area contributed by atoms with Gasteiger partial charge in [0.25, 0.3) is 5.69 Å². The molecule has 17 nitrogen and oxygen atoms in total. The number of nitrogen functional groups attached to an aromatic ring is 1. The Labute approximate surface area is 321 Å². The lowest BCUT2D eigenvalue weighted by Crippen LogP contribution is -2.62. The van der Waals surface area contributed by atoms with Crippen molar-refractivity contribution >= 4 is 69.3 Å². The molecule has 0 bridgehead atoms. The van der Waals surface area contributed by atoms with Gasteiger partial charge in [-0.15, -0.1) is 23.1 Å². The minimum Gasteiger partial charge on any atom is -0.504 e. The summed E-state index contributed by atoms with van der Waals surface area (Å²) in [6, 6.07) is 7.95. The van der Waals surface area contributed by atoms with E-state index in [9.17, 15) is 49.7 Å². The number of nitro benzene ring substituents is 1. The predicted octanol–water partition coefficient (Wildman–Crippen LogP) is 3.87. The number of hydrogen-bond donors (Lipinski definition) is 5. The van der Waals surface area contributed by atoms with Gasteiger partial charge >= 0.3 is 11.9 Å². The van der Waals surface area contributed by atoms with Gasteiger partial charge in [0.15, 0.2) is 28.1 Å². The fraction of sp³-hybridized carbons (Fsp3) is 0.333. The first-order valence-electron chi connectivity index (χ1n) is 16.9. The van der Waals surface area contributed by atoms with Crippen LogP contribution in [0.2, 0.25) is 0 Å². The number of carbonyl (C=O) groups is 4. The first kappa shape index (κ1) is 38.9. The summed E-state index contributed by atoms with van der Waals surface area (Å²) in [5, 5.41) is 56.3. The zero-order valence-corrected chi connectivity index (χ0v) is 31.4. The number of thiazole rings is 1. The van der Waals surface area contributed by atoms with E-state index in [-0.39, 0.29) is 56.3 Å². The van der Waals surface area contributed by atoms with Crippen LogP contribution in [0.1, 0.15) is 48.2 Å². The molecule has 2 aromatic carbocycles. The number of quaternary nitrogens is 1. The number of oxime groups is 1. The fourth-order valence-electron chi connectivity index (χ4n) is 6.71. The van der Waals surface area contributed by atoms with Crippen LogP contribution in [0.4, 0.5) is 10.8 Å². The highest BCUT2D eigenvalue weighted by Gasteiger charge is 2.54. The normalized spacial score (nSPS) is 21.2. The first-order valence-corrected chi connectivity index (χ1v) is 18.8. The number of nitrogens with zero attached hydrogens (tertiary/aromatic N) is 5. The lowest BCUT2D eigenvalue weighted by molar-refractivity contribution is -0.937. The predicted molar refractivity (Wildman–Crippen MR) is 201 cm³/mol. The molecular formula is C36H37N6O11S2+. The third-order valence-corrected chi connectivity index (χ3v) is 11.7. The summed E-state index contributed by atoms with van der Waals surface area (Å²) >= 11 is 2.24. The van der Waals surface area contributed by atoms with E-state index in [1.54, 1.807) is 24.3 Å². The Morgan fingerprint density at radius 3 is 2.51 bits per heavy atom. The second-order valence-electron chi connectivity index (χ2n) is 14.2. The molecule has 6 rings (SSSR count). The average molecular weight is 794 g/mol. The maximum Gasteiger partial charge on any atom is 0.352 e. The second kappa shape index (κ2) is 14.8. The zero-order valence-electron chi connectivity index (χ0n) is 29.8. The molecule has 0 radical (unpaired) electrons. The summed E-state index contributed by atoms with van der Waals surface area (Å²) in [5.74, 6) is -5.24. The number of ketones is 1. The van der Waals surface area contributed by atoms with Gasteiger partial charge < -0.3 is 35.5 Å². The van der Waals surface area contributed by atoms with Gasteiger partial charge in [0, 0.05) is 41.2 Å². The Kier molecular flexibility index (Phi) is 10.5. The number of nitrogens with two attached hydrogens (primary N) is 1. The Balaban J connectivity index is 1.19. The maximum atomic E-state index is 13.5. The molecule has 3 aromatic rings. The summed E-state index contributed by atoms with van der Waals surface area (Å²) in [4.78, 5) is 73.0. The largest absolute Gasteiger partial charge is 0.504 e. The van der Waals surface area contributed by atoms with E-state index >= 15 is 0 Å². The maximum absolute atomic E-state index is 13.5. The van der Waals surface area contributed by atoms with Gasteiger partial charge in [-0.3, -0.25) is 24.6 Å². The van der Waals surface area contributed by atoms with E-state index in [4.69, 9.17) is 10.6 Å². The van der Waals surface area contributed by atoms with Gasteiger partial charge in [0.2, 0.25) is 11.5 Å². The van der Waals surface area contributed by atoms with Crippen LogP contribution in [0.5, 0.6) is 11.5 Å². The van der Waals surface area contributed by atoms with Gasteiger partial charge in [-0.25, -0.2) is 14.6 Å². The summed E-state index contributed by atoms with van der Waals surface area (Å²) in [5.41, 5.74) is 6.15. The highest BCUT2D eigenvalue weighted by Crippen LogP contribution is 2.46. The standard InChI is InChI=1S/C36H36N6O11S2/c1-36(2,34(49)50)53-39-29(24-17-55-35(37)38-24)28(45)13-23-31(46)40-30(33(47)48)21(16-54-32(23)40)7-6-19-5-4-18(10-25(19)41(51)52)14-42(3)9-8-20-11-26(43)27(44)12-22(20)15-42/h4-7,10-12,17,23,32H,8-9,13-16H2,1-3H3,(H5-,37,38,39,43,44,45,47,48,49,50)/p+1/t23-,32-,42?/m1/s1. The number of hydrogen-bond acceptors (Lipinski definition) is 14. The summed E-state index contributed by atoms with van der Waals surface area (Å²) < 4.78 is 0.511. The number of aromatic hydroxyl groups is 2. The Bertz CT molecular complexity index is 2230. The molecule has 6 N–H and O–H groups in total. The molecule has 0 aliphatic carbocycles.